The van der Waals surface area contributed by atoms with Gasteiger partial charge >= 0.3 is 0 Å². The lowest BCUT2D eigenvalue weighted by atomic mass is 9.99. The number of aromatic amines is 1. The molecule has 1 heterocycles. The molecule has 0 aliphatic rings. The van der Waals surface area contributed by atoms with E-state index in [0.29, 0.717) is 5.57 Å². The van der Waals surface area contributed by atoms with Crippen LogP contribution in [0.2, 0.25) is 0 Å². The van der Waals surface area contributed by atoms with E-state index in [1.807, 2.05) is 56.5 Å². The summed E-state index contributed by atoms with van der Waals surface area (Å²) in [6.07, 6.45) is 3.72. The summed E-state index contributed by atoms with van der Waals surface area (Å²) in [5, 5.41) is 10.6. The average molecular weight is 317 g/mol. The third kappa shape index (κ3) is 2.72. The van der Waals surface area contributed by atoms with Crippen molar-refractivity contribution in [2.45, 2.75) is 13.8 Å². The fourth-order valence-electron chi connectivity index (χ4n) is 2.79. The van der Waals surface area contributed by atoms with Crippen LogP contribution in [-0.4, -0.2) is 12.1 Å². The first-order valence-corrected chi connectivity index (χ1v) is 7.67. The summed E-state index contributed by atoms with van der Waals surface area (Å²) in [5.74, 6) is 0.760. The minimum absolute atomic E-state index is 0.581. The van der Waals surface area contributed by atoms with E-state index < -0.39 is 0 Å². The van der Waals surface area contributed by atoms with Crippen molar-refractivity contribution < 1.29 is 4.74 Å². The standard InChI is InChI=1S/C20H19N3O/c1-12-6-14(8-19(22)13(12)2)7-15(10-21)18-11-23-20-5-4-16(24-3)9-17(18)20/h4-9,11,23H,22H2,1-3H3. The van der Waals surface area contributed by atoms with E-state index in [-0.39, 0.29) is 0 Å². The molecule has 0 amide bonds. The number of aromatic nitrogens is 1. The van der Waals surface area contributed by atoms with E-state index in [4.69, 9.17) is 10.5 Å². The predicted molar refractivity (Wildman–Crippen MR) is 98.7 cm³/mol. The van der Waals surface area contributed by atoms with Gasteiger partial charge in [-0.2, -0.15) is 5.26 Å². The second kappa shape index (κ2) is 6.13. The molecule has 4 nitrogen and oxygen atoms in total. The highest BCUT2D eigenvalue weighted by Gasteiger charge is 2.10. The predicted octanol–water partition coefficient (Wildman–Crippen LogP) is 4.44. The Morgan fingerprint density at radius 2 is 2.04 bits per heavy atom. The van der Waals surface area contributed by atoms with Gasteiger partial charge in [0.15, 0.2) is 0 Å². The van der Waals surface area contributed by atoms with Crippen molar-refractivity contribution in [3.8, 4) is 11.8 Å². The Kier molecular flexibility index (Phi) is 4.01. The smallest absolute Gasteiger partial charge is 0.119 e. The van der Waals surface area contributed by atoms with Crippen molar-refractivity contribution >= 4 is 28.2 Å². The normalized spacial score (nSPS) is 11.5. The van der Waals surface area contributed by atoms with Gasteiger partial charge in [0.05, 0.1) is 18.8 Å². The Labute approximate surface area is 141 Å². The van der Waals surface area contributed by atoms with Crippen LogP contribution in [0.15, 0.2) is 36.5 Å². The number of nitrogens with one attached hydrogen (secondary N) is 1. The Bertz CT molecular complexity index is 967. The molecule has 0 saturated heterocycles. The molecule has 4 heteroatoms. The summed E-state index contributed by atoms with van der Waals surface area (Å²) in [7, 11) is 1.63. The number of nitrogens with zero attached hydrogens (tertiary/aromatic N) is 1. The number of H-pyrrole nitrogens is 1. The van der Waals surface area contributed by atoms with Gasteiger partial charge < -0.3 is 15.5 Å². The zero-order chi connectivity index (χ0) is 17.3. The fraction of sp³-hybridized carbons (Fsp3) is 0.150. The lowest BCUT2D eigenvalue weighted by molar-refractivity contribution is 0.415. The summed E-state index contributed by atoms with van der Waals surface area (Å²) in [4.78, 5) is 3.20. The van der Waals surface area contributed by atoms with Crippen LogP contribution >= 0.6 is 0 Å². The van der Waals surface area contributed by atoms with Crippen molar-refractivity contribution in [3.63, 3.8) is 0 Å². The summed E-state index contributed by atoms with van der Waals surface area (Å²) < 4.78 is 5.29. The topological polar surface area (TPSA) is 74.8 Å². The molecule has 3 aromatic rings. The van der Waals surface area contributed by atoms with Gasteiger partial charge in [-0.15, -0.1) is 0 Å². The van der Waals surface area contributed by atoms with E-state index in [9.17, 15) is 5.26 Å². The number of aryl methyl sites for hydroxylation is 1. The second-order valence-electron chi connectivity index (χ2n) is 5.84. The van der Waals surface area contributed by atoms with E-state index in [1.165, 1.54) is 0 Å². The Balaban J connectivity index is 2.14. The van der Waals surface area contributed by atoms with Crippen LogP contribution < -0.4 is 10.5 Å². The number of ether oxygens (including phenoxy) is 1. The van der Waals surface area contributed by atoms with Crippen molar-refractivity contribution in [2.75, 3.05) is 12.8 Å². The highest BCUT2D eigenvalue weighted by atomic mass is 16.5. The molecule has 0 radical (unpaired) electrons. The monoisotopic (exact) mass is 317 g/mol. The number of benzene rings is 2. The largest absolute Gasteiger partial charge is 0.497 e. The molecule has 120 valence electrons. The number of hydrogen-bond donors (Lipinski definition) is 2. The van der Waals surface area contributed by atoms with Crippen LogP contribution in [0.3, 0.4) is 0 Å². The van der Waals surface area contributed by atoms with Gasteiger partial charge in [-0.25, -0.2) is 0 Å². The number of nitrogen functional groups attached to an aromatic ring is 1. The average Bonchev–Trinajstić information content (AvgIpc) is 3.00. The van der Waals surface area contributed by atoms with E-state index in [2.05, 4.69) is 11.1 Å². The molecule has 24 heavy (non-hydrogen) atoms. The van der Waals surface area contributed by atoms with Gasteiger partial charge in [0.25, 0.3) is 0 Å². The molecular weight excluding hydrogens is 298 g/mol. The van der Waals surface area contributed by atoms with Gasteiger partial charge in [-0.1, -0.05) is 6.07 Å². The highest BCUT2D eigenvalue weighted by Crippen LogP contribution is 2.30. The quantitative estimate of drug-likeness (QED) is 0.554. The second-order valence-corrected chi connectivity index (χ2v) is 5.84. The van der Waals surface area contributed by atoms with E-state index >= 15 is 0 Å². The van der Waals surface area contributed by atoms with Crippen LogP contribution in [0.5, 0.6) is 5.75 Å². The van der Waals surface area contributed by atoms with Gasteiger partial charge in [0.1, 0.15) is 5.75 Å². The number of methoxy groups -OCH3 is 1. The number of hydrogen-bond acceptors (Lipinski definition) is 3. The number of nitriles is 1. The molecular formula is C20H19N3O. The van der Waals surface area contributed by atoms with Crippen LogP contribution in [0.4, 0.5) is 5.69 Å². The van der Waals surface area contributed by atoms with Crippen LogP contribution in [0.1, 0.15) is 22.3 Å². The summed E-state index contributed by atoms with van der Waals surface area (Å²) in [6, 6.07) is 12.0. The van der Waals surface area contributed by atoms with Crippen molar-refractivity contribution in [2.24, 2.45) is 0 Å². The van der Waals surface area contributed by atoms with Crippen LogP contribution in [0.25, 0.3) is 22.6 Å². The van der Waals surface area contributed by atoms with Crippen molar-refractivity contribution in [3.05, 3.63) is 58.8 Å². The Morgan fingerprint density at radius 3 is 2.71 bits per heavy atom. The zero-order valence-corrected chi connectivity index (χ0v) is 14.0. The van der Waals surface area contributed by atoms with Gasteiger partial charge in [-0.3, -0.25) is 0 Å². The Morgan fingerprint density at radius 1 is 1.25 bits per heavy atom. The molecule has 0 bridgehead atoms. The Hall–Kier alpha value is -3.19. The highest BCUT2D eigenvalue weighted by molar-refractivity contribution is 6.01. The van der Waals surface area contributed by atoms with Gasteiger partial charge in [0, 0.05) is 28.4 Å². The first kappa shape index (κ1) is 15.7. The summed E-state index contributed by atoms with van der Waals surface area (Å²) >= 11 is 0. The number of nitrogens with two attached hydrogens (primary N) is 1. The van der Waals surface area contributed by atoms with Crippen LogP contribution in [0, 0.1) is 25.2 Å². The molecule has 2 aromatic carbocycles. The molecule has 0 spiro atoms. The number of allylic oxidation sites excluding steroid dienone is 1. The van der Waals surface area contributed by atoms with E-state index in [0.717, 1.165) is 44.6 Å². The molecule has 0 atom stereocenters. The molecule has 3 N–H and O–H groups in total. The molecule has 0 aliphatic carbocycles. The molecule has 0 aliphatic heterocycles. The number of rotatable bonds is 3. The first-order chi connectivity index (χ1) is 11.5. The maximum atomic E-state index is 9.64. The molecule has 3 rings (SSSR count). The molecule has 0 unspecified atom stereocenters. The first-order valence-electron chi connectivity index (χ1n) is 7.67. The number of anilines is 1. The molecule has 0 saturated carbocycles. The lowest BCUT2D eigenvalue weighted by Crippen LogP contribution is -1.93. The minimum Gasteiger partial charge on any atom is -0.497 e. The maximum absolute atomic E-state index is 9.64. The van der Waals surface area contributed by atoms with Gasteiger partial charge in [-0.05, 0) is 60.9 Å². The third-order valence-electron chi connectivity index (χ3n) is 4.34. The lowest BCUT2D eigenvalue weighted by Gasteiger charge is -2.07. The maximum Gasteiger partial charge on any atom is 0.119 e. The van der Waals surface area contributed by atoms with Crippen molar-refractivity contribution in [1.82, 2.24) is 4.98 Å². The van der Waals surface area contributed by atoms with E-state index in [1.54, 1.807) is 7.11 Å². The van der Waals surface area contributed by atoms with Crippen molar-refractivity contribution in [1.29, 1.82) is 5.26 Å². The van der Waals surface area contributed by atoms with Crippen LogP contribution in [-0.2, 0) is 0 Å². The number of fused-ring (bicyclic) bond motifs is 1. The summed E-state index contributed by atoms with van der Waals surface area (Å²) in [6.45, 7) is 4.01. The zero-order valence-electron chi connectivity index (χ0n) is 14.0. The SMILES string of the molecule is COc1ccc2[nH]cc(C(C#N)=Cc3cc(C)c(C)c(N)c3)c2c1. The third-order valence-corrected chi connectivity index (χ3v) is 4.34. The minimum atomic E-state index is 0.581. The van der Waals surface area contributed by atoms with Gasteiger partial charge in [0.2, 0.25) is 0 Å². The summed E-state index contributed by atoms with van der Waals surface area (Å²) in [5.41, 5.74) is 12.3. The molecule has 0 fully saturated rings. The fourth-order valence-corrected chi connectivity index (χ4v) is 2.79. The molecule has 1 aromatic heterocycles.